The van der Waals surface area contributed by atoms with Crippen molar-refractivity contribution in [2.75, 3.05) is 13.2 Å². The van der Waals surface area contributed by atoms with E-state index in [1.54, 1.807) is 6.92 Å². The van der Waals surface area contributed by atoms with E-state index in [0.29, 0.717) is 32.6 Å². The largest absolute Gasteiger partial charge is 0.493 e. The molecule has 0 radical (unpaired) electrons. The Balaban J connectivity index is 2.39. The number of hydrogen-bond acceptors (Lipinski definition) is 4. The van der Waals surface area contributed by atoms with Crippen molar-refractivity contribution in [3.63, 3.8) is 0 Å². The van der Waals surface area contributed by atoms with Gasteiger partial charge in [-0.15, -0.1) is 0 Å². The topological polar surface area (TPSA) is 64.6 Å². The molecular formula is C15H21NO4. The van der Waals surface area contributed by atoms with Crippen LogP contribution < -0.4 is 10.1 Å². The third-order valence-corrected chi connectivity index (χ3v) is 2.59. The molecule has 0 aliphatic rings. The van der Waals surface area contributed by atoms with E-state index in [1.807, 2.05) is 24.3 Å². The molecule has 0 aromatic heterocycles. The average Bonchev–Trinajstić information content (AvgIpc) is 2.42. The van der Waals surface area contributed by atoms with Gasteiger partial charge in [-0.3, -0.25) is 9.59 Å². The fourth-order valence-corrected chi connectivity index (χ4v) is 1.64. The highest BCUT2D eigenvalue weighted by Gasteiger charge is 2.05. The van der Waals surface area contributed by atoms with Crippen LogP contribution in [0, 0.1) is 0 Å². The van der Waals surface area contributed by atoms with Gasteiger partial charge in [-0.2, -0.15) is 0 Å². The molecule has 0 saturated carbocycles. The Morgan fingerprint density at radius 3 is 2.70 bits per heavy atom. The number of nitrogens with one attached hydrogen (secondary N) is 1. The van der Waals surface area contributed by atoms with Gasteiger partial charge in [0.1, 0.15) is 5.75 Å². The van der Waals surface area contributed by atoms with Gasteiger partial charge in [-0.25, -0.2) is 0 Å². The highest BCUT2D eigenvalue weighted by Crippen LogP contribution is 2.18. The normalized spacial score (nSPS) is 9.90. The summed E-state index contributed by atoms with van der Waals surface area (Å²) in [5.41, 5.74) is 0.916. The van der Waals surface area contributed by atoms with Crippen LogP contribution in [-0.4, -0.2) is 25.1 Å². The molecule has 0 unspecified atom stereocenters. The second-order valence-electron chi connectivity index (χ2n) is 4.27. The number of amides is 1. The molecule has 5 heteroatoms. The molecule has 5 nitrogen and oxygen atoms in total. The first-order chi connectivity index (χ1) is 9.63. The Kier molecular flexibility index (Phi) is 7.17. The van der Waals surface area contributed by atoms with Gasteiger partial charge in [0.25, 0.3) is 0 Å². The van der Waals surface area contributed by atoms with Gasteiger partial charge in [0.2, 0.25) is 5.91 Å². The van der Waals surface area contributed by atoms with Crippen LogP contribution >= 0.6 is 0 Å². The van der Waals surface area contributed by atoms with Gasteiger partial charge < -0.3 is 14.8 Å². The molecule has 0 saturated heterocycles. The van der Waals surface area contributed by atoms with Gasteiger partial charge in [-0.05, 0) is 19.4 Å². The first kappa shape index (κ1) is 16.0. The van der Waals surface area contributed by atoms with Crippen molar-refractivity contribution >= 4 is 11.9 Å². The fraction of sp³-hybridized carbons (Fsp3) is 0.467. The molecule has 0 bridgehead atoms. The van der Waals surface area contributed by atoms with E-state index in [-0.39, 0.29) is 11.9 Å². The van der Waals surface area contributed by atoms with Crippen LogP contribution in [-0.2, 0) is 20.9 Å². The van der Waals surface area contributed by atoms with Crippen LogP contribution in [0.2, 0.25) is 0 Å². The molecule has 1 rings (SSSR count). The predicted molar refractivity (Wildman–Crippen MR) is 75.3 cm³/mol. The van der Waals surface area contributed by atoms with E-state index < -0.39 is 0 Å². The molecule has 1 aromatic carbocycles. The molecule has 1 aromatic rings. The summed E-state index contributed by atoms with van der Waals surface area (Å²) in [6.07, 6.45) is 0.953. The second-order valence-corrected chi connectivity index (χ2v) is 4.27. The van der Waals surface area contributed by atoms with Crippen LogP contribution in [0.5, 0.6) is 5.75 Å². The summed E-state index contributed by atoms with van der Waals surface area (Å²) in [5, 5.41) is 2.73. The summed E-state index contributed by atoms with van der Waals surface area (Å²) >= 11 is 0. The lowest BCUT2D eigenvalue weighted by Crippen LogP contribution is -2.19. The Morgan fingerprint density at radius 1 is 1.25 bits per heavy atom. The number of benzene rings is 1. The van der Waals surface area contributed by atoms with Gasteiger partial charge >= 0.3 is 5.97 Å². The van der Waals surface area contributed by atoms with Crippen molar-refractivity contribution in [3.8, 4) is 5.75 Å². The molecule has 110 valence electrons. The van der Waals surface area contributed by atoms with E-state index in [1.165, 1.54) is 6.92 Å². The number of carbonyl (C=O) groups is 2. The SMILES string of the molecule is CCOC(=O)CCCOc1ccccc1CNC(C)=O. The second kappa shape index (κ2) is 8.96. The molecule has 20 heavy (non-hydrogen) atoms. The standard InChI is InChI=1S/C15H21NO4/c1-3-19-15(18)9-6-10-20-14-8-5-4-7-13(14)11-16-12(2)17/h4-5,7-8H,3,6,9-11H2,1-2H3,(H,16,17). The maximum absolute atomic E-state index is 11.2. The van der Waals surface area contributed by atoms with E-state index in [2.05, 4.69) is 5.32 Å². The maximum atomic E-state index is 11.2. The number of para-hydroxylation sites is 1. The monoisotopic (exact) mass is 279 g/mol. The summed E-state index contributed by atoms with van der Waals surface area (Å²) in [6.45, 7) is 4.54. The third-order valence-electron chi connectivity index (χ3n) is 2.59. The molecule has 1 N–H and O–H groups in total. The fourth-order valence-electron chi connectivity index (χ4n) is 1.64. The minimum atomic E-state index is -0.206. The number of ether oxygens (including phenoxy) is 2. The number of rotatable bonds is 8. The zero-order chi connectivity index (χ0) is 14.8. The van der Waals surface area contributed by atoms with Crippen LogP contribution in [0.15, 0.2) is 24.3 Å². The Labute approximate surface area is 119 Å². The van der Waals surface area contributed by atoms with E-state index >= 15 is 0 Å². The minimum Gasteiger partial charge on any atom is -0.493 e. The highest BCUT2D eigenvalue weighted by molar-refractivity contribution is 5.72. The van der Waals surface area contributed by atoms with Crippen LogP contribution in [0.1, 0.15) is 32.3 Å². The molecule has 1 amide bonds. The lowest BCUT2D eigenvalue weighted by molar-refractivity contribution is -0.143. The van der Waals surface area contributed by atoms with Gasteiger partial charge in [0, 0.05) is 25.5 Å². The Bertz CT molecular complexity index is 445. The zero-order valence-corrected chi connectivity index (χ0v) is 12.0. The summed E-state index contributed by atoms with van der Waals surface area (Å²) in [6, 6.07) is 7.51. The maximum Gasteiger partial charge on any atom is 0.305 e. The lowest BCUT2D eigenvalue weighted by Gasteiger charge is -2.11. The minimum absolute atomic E-state index is 0.0814. The van der Waals surface area contributed by atoms with Crippen molar-refractivity contribution < 1.29 is 19.1 Å². The average molecular weight is 279 g/mol. The zero-order valence-electron chi connectivity index (χ0n) is 12.0. The van der Waals surface area contributed by atoms with Crippen molar-refractivity contribution in [2.24, 2.45) is 0 Å². The first-order valence-corrected chi connectivity index (χ1v) is 6.74. The van der Waals surface area contributed by atoms with E-state index in [9.17, 15) is 9.59 Å². The smallest absolute Gasteiger partial charge is 0.305 e. The summed E-state index contributed by atoms with van der Waals surface area (Å²) in [4.78, 5) is 22.1. The quantitative estimate of drug-likeness (QED) is 0.584. The molecule has 0 atom stereocenters. The first-order valence-electron chi connectivity index (χ1n) is 6.74. The highest BCUT2D eigenvalue weighted by atomic mass is 16.5. The van der Waals surface area contributed by atoms with E-state index in [0.717, 1.165) is 11.3 Å². The summed E-state index contributed by atoms with van der Waals surface area (Å²) in [5.74, 6) is 0.440. The number of carbonyl (C=O) groups excluding carboxylic acids is 2. The van der Waals surface area contributed by atoms with Crippen molar-refractivity contribution in [3.05, 3.63) is 29.8 Å². The number of hydrogen-bond donors (Lipinski definition) is 1. The van der Waals surface area contributed by atoms with Crippen LogP contribution in [0.3, 0.4) is 0 Å². The van der Waals surface area contributed by atoms with Crippen LogP contribution in [0.25, 0.3) is 0 Å². The number of esters is 1. The molecular weight excluding hydrogens is 258 g/mol. The Morgan fingerprint density at radius 2 is 2.00 bits per heavy atom. The predicted octanol–water partition coefficient (Wildman–Crippen LogP) is 2.04. The van der Waals surface area contributed by atoms with Crippen molar-refractivity contribution in [1.29, 1.82) is 0 Å². The van der Waals surface area contributed by atoms with Gasteiger partial charge in [0.05, 0.1) is 13.2 Å². The van der Waals surface area contributed by atoms with Crippen LogP contribution in [0.4, 0.5) is 0 Å². The third kappa shape index (κ3) is 6.22. The molecule has 0 spiro atoms. The summed E-state index contributed by atoms with van der Waals surface area (Å²) in [7, 11) is 0. The molecule has 0 aliphatic heterocycles. The molecule has 0 fully saturated rings. The molecule has 0 aliphatic carbocycles. The Hall–Kier alpha value is -2.04. The van der Waals surface area contributed by atoms with Crippen molar-refractivity contribution in [2.45, 2.75) is 33.2 Å². The van der Waals surface area contributed by atoms with Gasteiger partial charge in [-0.1, -0.05) is 18.2 Å². The van der Waals surface area contributed by atoms with E-state index in [4.69, 9.17) is 9.47 Å². The van der Waals surface area contributed by atoms with Crippen molar-refractivity contribution in [1.82, 2.24) is 5.32 Å². The summed E-state index contributed by atoms with van der Waals surface area (Å²) < 4.78 is 10.5. The van der Waals surface area contributed by atoms with Gasteiger partial charge in [0.15, 0.2) is 0 Å². The lowest BCUT2D eigenvalue weighted by atomic mass is 10.2. The molecule has 0 heterocycles.